The summed E-state index contributed by atoms with van der Waals surface area (Å²) in [5.41, 5.74) is 12.5. The maximum atomic E-state index is 2.60. The molecular formula is C55H44N2S3Si. The Morgan fingerprint density at radius 2 is 1.07 bits per heavy atom. The molecule has 0 saturated heterocycles. The average molecular weight is 857 g/mol. The molecule has 2 aliphatic rings. The van der Waals surface area contributed by atoms with Crippen molar-refractivity contribution in [1.29, 1.82) is 0 Å². The summed E-state index contributed by atoms with van der Waals surface area (Å²) in [6.45, 7) is 14.3. The van der Waals surface area contributed by atoms with E-state index in [-0.39, 0.29) is 5.41 Å². The lowest BCUT2D eigenvalue weighted by atomic mass is 9.73. The molecule has 0 radical (unpaired) electrons. The van der Waals surface area contributed by atoms with Gasteiger partial charge < -0.3 is 9.80 Å². The molecule has 0 amide bonds. The third-order valence-electron chi connectivity index (χ3n) is 13.4. The molecule has 10 aromatic rings. The molecule has 0 spiro atoms. The highest BCUT2D eigenvalue weighted by molar-refractivity contribution is 7.25. The van der Waals surface area contributed by atoms with Crippen LogP contribution >= 0.6 is 34.0 Å². The van der Waals surface area contributed by atoms with Gasteiger partial charge in [0.2, 0.25) is 0 Å². The second kappa shape index (κ2) is 13.4. The molecule has 0 atom stereocenters. The number of hydrogen-bond donors (Lipinski definition) is 0. The van der Waals surface area contributed by atoms with Gasteiger partial charge >= 0.3 is 0 Å². The minimum absolute atomic E-state index is 0.205. The summed E-state index contributed by atoms with van der Waals surface area (Å²) in [5.74, 6) is 0. The molecule has 0 aliphatic carbocycles. The molecule has 3 aromatic heterocycles. The highest BCUT2D eigenvalue weighted by atomic mass is 32.1. The fourth-order valence-electron chi connectivity index (χ4n) is 10.4. The smallest absolute Gasteiger partial charge is 0.117 e. The van der Waals surface area contributed by atoms with Crippen LogP contribution in [0, 0.1) is 13.8 Å². The molecule has 296 valence electrons. The minimum atomic E-state index is -1.95. The van der Waals surface area contributed by atoms with E-state index in [9.17, 15) is 0 Å². The summed E-state index contributed by atoms with van der Waals surface area (Å²) in [6, 6.07) is 60.5. The number of anilines is 6. The molecule has 0 N–H and O–H groups in total. The van der Waals surface area contributed by atoms with Gasteiger partial charge in [-0.15, -0.1) is 34.0 Å². The zero-order valence-electron chi connectivity index (χ0n) is 35.1. The first kappa shape index (κ1) is 37.0. The third-order valence-corrected chi connectivity index (χ3v) is 20.2. The van der Waals surface area contributed by atoms with Crippen molar-refractivity contribution in [1.82, 2.24) is 0 Å². The molecule has 0 saturated carbocycles. The van der Waals surface area contributed by atoms with Gasteiger partial charge in [0.05, 0.1) is 17.1 Å². The van der Waals surface area contributed by atoms with Gasteiger partial charge in [-0.1, -0.05) is 99.7 Å². The molecule has 0 bridgehead atoms. The summed E-state index contributed by atoms with van der Waals surface area (Å²) in [7, 11) is -1.95. The lowest BCUT2D eigenvalue weighted by molar-refractivity contribution is 0.633. The van der Waals surface area contributed by atoms with E-state index in [1.54, 1.807) is 0 Å². The Bertz CT molecular complexity index is 3390. The van der Waals surface area contributed by atoms with Crippen molar-refractivity contribution in [3.05, 3.63) is 179 Å². The van der Waals surface area contributed by atoms with Crippen LogP contribution in [-0.4, -0.2) is 8.07 Å². The van der Waals surface area contributed by atoms with Gasteiger partial charge in [-0.2, -0.15) is 0 Å². The van der Waals surface area contributed by atoms with E-state index in [1.165, 1.54) is 117 Å². The maximum absolute atomic E-state index is 2.60. The van der Waals surface area contributed by atoms with E-state index in [2.05, 4.69) is 208 Å². The van der Waals surface area contributed by atoms with E-state index < -0.39 is 8.07 Å². The molecule has 7 aromatic carbocycles. The van der Waals surface area contributed by atoms with Crippen molar-refractivity contribution in [2.24, 2.45) is 0 Å². The van der Waals surface area contributed by atoms with Crippen molar-refractivity contribution in [3.8, 4) is 20.9 Å². The summed E-state index contributed by atoms with van der Waals surface area (Å²) >= 11 is 5.67. The second-order valence-electron chi connectivity index (χ2n) is 17.8. The Balaban J connectivity index is 1.18. The standard InChI is InChI=1S/C55H44N2S3Si/c1-33-23-25-50(58-33)39-29-36(56-45-18-10-13-21-53(45)61(5,6)54-22-14-11-19-46(54)56)27-35-28-41(51-26-24-34(2)59-51)47(31-38(35)39)57-44-17-9-8-16-42(44)55(3,4)43-30-40-37-15-7-12-20-49(37)60-52(40)32-48(43)57/h7-32H,1-6H3. The molecule has 0 unspecified atom stereocenters. The number of thiophene rings is 3. The number of aryl methyl sites for hydroxylation is 2. The van der Waals surface area contributed by atoms with Crippen molar-refractivity contribution < 1.29 is 0 Å². The van der Waals surface area contributed by atoms with Gasteiger partial charge in [-0.3, -0.25) is 0 Å². The number of fused-ring (bicyclic) bond motifs is 8. The van der Waals surface area contributed by atoms with Crippen molar-refractivity contribution in [3.63, 3.8) is 0 Å². The van der Waals surface area contributed by atoms with E-state index in [0.717, 1.165) is 0 Å². The van der Waals surface area contributed by atoms with Gasteiger partial charge in [-0.05, 0) is 131 Å². The second-order valence-corrected chi connectivity index (χ2v) is 25.8. The Hall–Kier alpha value is -5.76. The fraction of sp³-hybridized carbons (Fsp3) is 0.127. The van der Waals surface area contributed by atoms with Gasteiger partial charge in [0, 0.05) is 73.3 Å². The number of nitrogens with zero attached hydrogens (tertiary/aromatic N) is 2. The fourth-order valence-corrected chi connectivity index (χ4v) is 16.3. The highest BCUT2D eigenvalue weighted by Gasteiger charge is 2.40. The zero-order valence-corrected chi connectivity index (χ0v) is 38.6. The lowest BCUT2D eigenvalue weighted by Gasteiger charge is -2.43. The quantitative estimate of drug-likeness (QED) is 0.163. The summed E-state index contributed by atoms with van der Waals surface area (Å²) in [4.78, 5) is 10.3. The lowest BCUT2D eigenvalue weighted by Crippen LogP contribution is -2.58. The molecular weight excluding hydrogens is 813 g/mol. The van der Waals surface area contributed by atoms with Gasteiger partial charge in [0.1, 0.15) is 8.07 Å². The first-order chi connectivity index (χ1) is 29.6. The third kappa shape index (κ3) is 5.49. The Morgan fingerprint density at radius 1 is 0.443 bits per heavy atom. The Morgan fingerprint density at radius 3 is 1.75 bits per heavy atom. The van der Waals surface area contributed by atoms with Crippen molar-refractivity contribution >= 4 is 118 Å². The molecule has 5 heterocycles. The van der Waals surface area contributed by atoms with E-state index in [0.29, 0.717) is 0 Å². The summed E-state index contributed by atoms with van der Waals surface area (Å²) in [5, 5.41) is 8.14. The highest BCUT2D eigenvalue weighted by Crippen LogP contribution is 2.57. The van der Waals surface area contributed by atoms with Crippen molar-refractivity contribution in [2.75, 3.05) is 9.80 Å². The molecule has 6 heteroatoms. The monoisotopic (exact) mass is 856 g/mol. The predicted molar refractivity (Wildman–Crippen MR) is 271 cm³/mol. The first-order valence-corrected chi connectivity index (χ1v) is 26.6. The normalized spacial score (nSPS) is 14.9. The zero-order chi connectivity index (χ0) is 41.4. The summed E-state index contributed by atoms with van der Waals surface area (Å²) < 4.78 is 2.65. The molecule has 2 aliphatic heterocycles. The van der Waals surface area contributed by atoms with Crippen LogP contribution in [-0.2, 0) is 5.41 Å². The van der Waals surface area contributed by atoms with E-state index >= 15 is 0 Å². The van der Waals surface area contributed by atoms with Gasteiger partial charge in [-0.25, -0.2) is 0 Å². The molecule has 61 heavy (non-hydrogen) atoms. The van der Waals surface area contributed by atoms with Gasteiger partial charge in [0.15, 0.2) is 0 Å². The van der Waals surface area contributed by atoms with E-state index in [4.69, 9.17) is 0 Å². The SMILES string of the molecule is Cc1ccc(-c2cc3cc(N4c5ccccc5[Si](C)(C)c5ccccc54)cc(-c4ccc(C)s4)c3cc2N2c3ccccc3C(C)(C)c3cc4c(cc32)sc2ccccc24)s1. The van der Waals surface area contributed by atoms with Gasteiger partial charge in [0.25, 0.3) is 0 Å². The van der Waals surface area contributed by atoms with Crippen LogP contribution < -0.4 is 20.2 Å². The topological polar surface area (TPSA) is 6.48 Å². The minimum Gasteiger partial charge on any atom is -0.311 e. The van der Waals surface area contributed by atoms with E-state index in [1.807, 2.05) is 34.0 Å². The predicted octanol–water partition coefficient (Wildman–Crippen LogP) is 16.0. The number of rotatable bonds is 4. The first-order valence-electron chi connectivity index (χ1n) is 21.2. The van der Waals surface area contributed by atoms with Crippen LogP contribution in [0.2, 0.25) is 13.1 Å². The largest absolute Gasteiger partial charge is 0.311 e. The van der Waals surface area contributed by atoms with Crippen LogP contribution in [0.5, 0.6) is 0 Å². The Labute approximate surface area is 370 Å². The Kier molecular flexibility index (Phi) is 8.12. The average Bonchev–Trinajstić information content (AvgIpc) is 4.01. The van der Waals surface area contributed by atoms with Crippen molar-refractivity contribution in [2.45, 2.75) is 46.2 Å². The summed E-state index contributed by atoms with van der Waals surface area (Å²) in [6.07, 6.45) is 0. The van der Waals surface area contributed by atoms with Crippen LogP contribution in [0.15, 0.2) is 158 Å². The molecule has 2 nitrogen and oxygen atoms in total. The number of benzene rings is 7. The number of hydrogen-bond acceptors (Lipinski definition) is 5. The van der Waals surface area contributed by atoms with Crippen LogP contribution in [0.4, 0.5) is 34.1 Å². The number of para-hydroxylation sites is 3. The molecule has 0 fully saturated rings. The van der Waals surface area contributed by atoms with Crippen LogP contribution in [0.25, 0.3) is 51.8 Å². The van der Waals surface area contributed by atoms with Crippen LogP contribution in [0.3, 0.4) is 0 Å². The van der Waals surface area contributed by atoms with Crippen LogP contribution in [0.1, 0.15) is 34.7 Å². The maximum Gasteiger partial charge on any atom is 0.117 e. The molecule has 12 rings (SSSR count).